The topological polar surface area (TPSA) is 53.5 Å². The summed E-state index contributed by atoms with van der Waals surface area (Å²) in [6, 6.07) is 13.6. The molecule has 0 radical (unpaired) electrons. The number of sulfonamides is 1. The number of aromatic nitrogens is 1. The fraction of sp³-hybridized carbons (Fsp3) is 0.389. The van der Waals surface area contributed by atoms with E-state index in [4.69, 9.17) is 0 Å². The number of anilines is 1. The van der Waals surface area contributed by atoms with Gasteiger partial charge in [-0.2, -0.15) is 0 Å². The van der Waals surface area contributed by atoms with Crippen molar-refractivity contribution in [3.8, 4) is 0 Å². The van der Waals surface area contributed by atoms with Gasteiger partial charge in [-0.15, -0.1) is 0 Å². The number of likely N-dealkylation sites (tertiary alicyclic amines) is 1. The summed E-state index contributed by atoms with van der Waals surface area (Å²) in [4.78, 5) is 6.67. The van der Waals surface area contributed by atoms with Gasteiger partial charge < -0.3 is 0 Å². The number of nitrogens with zero attached hydrogens (tertiary/aromatic N) is 3. The molecule has 2 aromatic rings. The predicted molar refractivity (Wildman–Crippen MR) is 94.2 cm³/mol. The number of hydrogen-bond donors (Lipinski definition) is 0. The smallest absolute Gasteiger partial charge is 0.245 e. The number of para-hydroxylation sites is 1. The van der Waals surface area contributed by atoms with Crippen molar-refractivity contribution in [2.24, 2.45) is 0 Å². The van der Waals surface area contributed by atoms with Gasteiger partial charge in [0.2, 0.25) is 10.0 Å². The molecule has 0 saturated carbocycles. The van der Waals surface area contributed by atoms with Gasteiger partial charge in [0.25, 0.3) is 0 Å². The van der Waals surface area contributed by atoms with E-state index in [-0.39, 0.29) is 0 Å². The molecule has 3 heterocycles. The van der Waals surface area contributed by atoms with Crippen LogP contribution in [0.1, 0.15) is 24.1 Å². The van der Waals surface area contributed by atoms with E-state index >= 15 is 0 Å². The van der Waals surface area contributed by atoms with Crippen molar-refractivity contribution in [3.63, 3.8) is 0 Å². The molecule has 0 unspecified atom stereocenters. The zero-order valence-electron chi connectivity index (χ0n) is 13.7. The maximum Gasteiger partial charge on any atom is 0.245 e. The SMILES string of the molecule is CN1c2ccccc2C2(CCN(Cc3ccccn3)CC2)S1(=O)=O. The predicted octanol–water partition coefficient (Wildman–Crippen LogP) is 2.35. The molecule has 0 atom stereocenters. The minimum Gasteiger partial charge on any atom is -0.297 e. The lowest BCUT2D eigenvalue weighted by Gasteiger charge is -2.38. The standard InChI is InChI=1S/C18H21N3O2S/c1-20-17-8-3-2-7-16(17)18(24(20,22)23)9-12-21(13-10-18)14-15-6-4-5-11-19-15/h2-8,11H,9-10,12-14H2,1H3. The summed E-state index contributed by atoms with van der Waals surface area (Å²) in [7, 11) is -1.68. The average Bonchev–Trinajstić information content (AvgIpc) is 2.77. The molecule has 6 heteroatoms. The number of piperidine rings is 1. The third-order valence-electron chi connectivity index (χ3n) is 5.36. The molecule has 4 rings (SSSR count). The van der Waals surface area contributed by atoms with E-state index < -0.39 is 14.8 Å². The minimum atomic E-state index is -3.35. The second-order valence-electron chi connectivity index (χ2n) is 6.58. The van der Waals surface area contributed by atoms with Gasteiger partial charge in [-0.3, -0.25) is 14.2 Å². The van der Waals surface area contributed by atoms with E-state index in [1.54, 1.807) is 13.2 Å². The van der Waals surface area contributed by atoms with Crippen molar-refractivity contribution in [2.75, 3.05) is 24.4 Å². The zero-order valence-corrected chi connectivity index (χ0v) is 14.5. The summed E-state index contributed by atoms with van der Waals surface area (Å²) in [6.45, 7) is 2.30. The normalized spacial score (nSPS) is 21.8. The van der Waals surface area contributed by atoms with Crippen molar-refractivity contribution in [3.05, 3.63) is 59.9 Å². The Hall–Kier alpha value is -1.92. The Labute approximate surface area is 143 Å². The van der Waals surface area contributed by atoms with Crippen LogP contribution in [0.15, 0.2) is 48.7 Å². The molecular weight excluding hydrogens is 322 g/mol. The Morgan fingerprint density at radius 1 is 1.08 bits per heavy atom. The van der Waals surface area contributed by atoms with E-state index in [1.165, 1.54) is 4.31 Å². The molecular formula is C18H21N3O2S. The van der Waals surface area contributed by atoms with Gasteiger partial charge in [0.05, 0.1) is 11.4 Å². The van der Waals surface area contributed by atoms with Gasteiger partial charge in [-0.1, -0.05) is 24.3 Å². The molecule has 2 aliphatic heterocycles. The van der Waals surface area contributed by atoms with Gasteiger partial charge in [0, 0.05) is 32.9 Å². The average molecular weight is 343 g/mol. The molecule has 1 spiro atoms. The molecule has 0 bridgehead atoms. The second-order valence-corrected chi connectivity index (χ2v) is 8.86. The summed E-state index contributed by atoms with van der Waals surface area (Å²) in [5.74, 6) is 0. The molecule has 2 aliphatic rings. The molecule has 0 aliphatic carbocycles. The number of rotatable bonds is 2. The van der Waals surface area contributed by atoms with Crippen LogP contribution in [0.2, 0.25) is 0 Å². The van der Waals surface area contributed by atoms with Gasteiger partial charge in [-0.05, 0) is 36.6 Å². The number of fused-ring (bicyclic) bond motifs is 2. The highest BCUT2D eigenvalue weighted by molar-refractivity contribution is 7.94. The van der Waals surface area contributed by atoms with Gasteiger partial charge >= 0.3 is 0 Å². The van der Waals surface area contributed by atoms with E-state index in [9.17, 15) is 8.42 Å². The van der Waals surface area contributed by atoms with Crippen LogP contribution in [-0.2, 0) is 21.3 Å². The van der Waals surface area contributed by atoms with Crippen molar-refractivity contribution in [2.45, 2.75) is 24.1 Å². The van der Waals surface area contributed by atoms with Crippen LogP contribution in [0, 0.1) is 0 Å². The Morgan fingerprint density at radius 3 is 2.50 bits per heavy atom. The number of hydrogen-bond acceptors (Lipinski definition) is 4. The lowest BCUT2D eigenvalue weighted by molar-refractivity contribution is 0.187. The third kappa shape index (κ3) is 2.17. The summed E-state index contributed by atoms with van der Waals surface area (Å²) < 4.78 is 26.9. The maximum atomic E-state index is 13.1. The van der Waals surface area contributed by atoms with Crippen LogP contribution in [0.4, 0.5) is 5.69 Å². The summed E-state index contributed by atoms with van der Waals surface area (Å²) in [5.41, 5.74) is 2.82. The molecule has 1 saturated heterocycles. The Kier molecular flexibility index (Phi) is 3.62. The molecule has 126 valence electrons. The first-order valence-corrected chi connectivity index (χ1v) is 9.69. The Bertz CT molecular complexity index is 844. The third-order valence-corrected chi connectivity index (χ3v) is 7.90. The zero-order chi connectivity index (χ0) is 16.8. The molecule has 0 amide bonds. The second kappa shape index (κ2) is 5.57. The summed E-state index contributed by atoms with van der Waals surface area (Å²) >= 11 is 0. The van der Waals surface area contributed by atoms with E-state index in [0.717, 1.165) is 36.6 Å². The van der Waals surface area contributed by atoms with Crippen LogP contribution in [0.25, 0.3) is 0 Å². The van der Waals surface area contributed by atoms with Crippen molar-refractivity contribution in [1.82, 2.24) is 9.88 Å². The van der Waals surface area contributed by atoms with Crippen LogP contribution in [0.5, 0.6) is 0 Å². The molecule has 5 nitrogen and oxygen atoms in total. The van der Waals surface area contributed by atoms with Crippen LogP contribution in [0.3, 0.4) is 0 Å². The molecule has 1 aromatic carbocycles. The van der Waals surface area contributed by atoms with Gasteiger partial charge in [0.1, 0.15) is 4.75 Å². The van der Waals surface area contributed by atoms with E-state index in [0.29, 0.717) is 12.8 Å². The van der Waals surface area contributed by atoms with Gasteiger partial charge in [-0.25, -0.2) is 8.42 Å². The monoisotopic (exact) mass is 343 g/mol. The first-order chi connectivity index (χ1) is 11.5. The first-order valence-electron chi connectivity index (χ1n) is 8.25. The van der Waals surface area contributed by atoms with Crippen LogP contribution >= 0.6 is 0 Å². The molecule has 1 fully saturated rings. The number of benzene rings is 1. The summed E-state index contributed by atoms with van der Waals surface area (Å²) in [5, 5.41) is 0. The van der Waals surface area contributed by atoms with Crippen molar-refractivity contribution in [1.29, 1.82) is 0 Å². The van der Waals surface area contributed by atoms with Crippen LogP contribution in [-0.4, -0.2) is 38.4 Å². The Morgan fingerprint density at radius 2 is 1.79 bits per heavy atom. The quantitative estimate of drug-likeness (QED) is 0.840. The Balaban J connectivity index is 1.60. The van der Waals surface area contributed by atoms with E-state index in [1.807, 2.05) is 42.5 Å². The maximum absolute atomic E-state index is 13.1. The largest absolute Gasteiger partial charge is 0.297 e. The fourth-order valence-corrected chi connectivity index (χ4v) is 6.08. The van der Waals surface area contributed by atoms with E-state index in [2.05, 4.69) is 9.88 Å². The highest BCUT2D eigenvalue weighted by Crippen LogP contribution is 2.51. The lowest BCUT2D eigenvalue weighted by atomic mass is 9.87. The van der Waals surface area contributed by atoms with Gasteiger partial charge in [0.15, 0.2) is 0 Å². The first kappa shape index (κ1) is 15.6. The fourth-order valence-electron chi connectivity index (χ4n) is 3.98. The van der Waals surface area contributed by atoms with Crippen molar-refractivity contribution < 1.29 is 8.42 Å². The highest BCUT2D eigenvalue weighted by Gasteiger charge is 2.55. The minimum absolute atomic E-state index is 0.628. The number of pyridine rings is 1. The van der Waals surface area contributed by atoms with Crippen molar-refractivity contribution >= 4 is 15.7 Å². The highest BCUT2D eigenvalue weighted by atomic mass is 32.2. The molecule has 24 heavy (non-hydrogen) atoms. The lowest BCUT2D eigenvalue weighted by Crippen LogP contribution is -2.47. The van der Waals surface area contributed by atoms with Crippen LogP contribution < -0.4 is 4.31 Å². The summed E-state index contributed by atoms with van der Waals surface area (Å²) in [6.07, 6.45) is 3.06. The molecule has 0 N–H and O–H groups in total. The molecule has 1 aromatic heterocycles.